The lowest BCUT2D eigenvalue weighted by atomic mass is 10.0. The van der Waals surface area contributed by atoms with Crippen molar-refractivity contribution in [3.05, 3.63) is 64.5 Å². The van der Waals surface area contributed by atoms with Crippen LogP contribution in [0.5, 0.6) is 5.75 Å². The van der Waals surface area contributed by atoms with Crippen molar-refractivity contribution in [1.29, 1.82) is 0 Å². The van der Waals surface area contributed by atoms with E-state index in [4.69, 9.17) is 10.5 Å². The van der Waals surface area contributed by atoms with Crippen molar-refractivity contribution in [1.82, 2.24) is 5.32 Å². The maximum absolute atomic E-state index is 13.8. The topological polar surface area (TPSA) is 64.3 Å². The second-order valence-electron chi connectivity index (χ2n) is 7.37. The van der Waals surface area contributed by atoms with Crippen LogP contribution in [0.1, 0.15) is 41.5 Å². The molecule has 2 atom stereocenters. The van der Waals surface area contributed by atoms with Crippen LogP contribution in [0.25, 0.3) is 0 Å². The highest BCUT2D eigenvalue weighted by Gasteiger charge is 2.30. The van der Waals surface area contributed by atoms with Crippen LogP contribution >= 0.6 is 0 Å². The number of rotatable bonds is 7. The second-order valence-corrected chi connectivity index (χ2v) is 7.37. The molecule has 1 fully saturated rings. The first kappa shape index (κ1) is 19.4. The molecule has 4 nitrogen and oxygen atoms in total. The smallest absolute Gasteiger partial charge is 0.222 e. The minimum atomic E-state index is -0.255. The summed E-state index contributed by atoms with van der Waals surface area (Å²) < 4.78 is 19.7. The fourth-order valence-electron chi connectivity index (χ4n) is 3.93. The highest BCUT2D eigenvalue weighted by Crippen LogP contribution is 2.28. The van der Waals surface area contributed by atoms with Crippen LogP contribution in [0.4, 0.5) is 4.39 Å². The number of carbonyl (C=O) groups is 1. The maximum Gasteiger partial charge on any atom is 0.222 e. The molecule has 1 saturated carbocycles. The molecule has 0 aliphatic heterocycles. The Labute approximate surface area is 159 Å². The van der Waals surface area contributed by atoms with Gasteiger partial charge >= 0.3 is 0 Å². The van der Waals surface area contributed by atoms with Gasteiger partial charge in [0, 0.05) is 18.2 Å². The zero-order valence-corrected chi connectivity index (χ0v) is 15.9. The minimum Gasteiger partial charge on any atom is -0.488 e. The Balaban J connectivity index is 1.64. The molecule has 0 saturated heterocycles. The van der Waals surface area contributed by atoms with E-state index in [1.54, 1.807) is 18.2 Å². The number of carbonyl (C=O) groups excluding carboxylic acids is 1. The first-order valence-corrected chi connectivity index (χ1v) is 9.44. The van der Waals surface area contributed by atoms with Crippen LogP contribution in [0.2, 0.25) is 0 Å². The van der Waals surface area contributed by atoms with Gasteiger partial charge in [0.2, 0.25) is 5.91 Å². The van der Waals surface area contributed by atoms with Crippen molar-refractivity contribution in [3.8, 4) is 5.75 Å². The molecule has 0 unspecified atom stereocenters. The number of hydrogen-bond acceptors (Lipinski definition) is 3. The first-order valence-electron chi connectivity index (χ1n) is 9.44. The number of aryl methyl sites for hydroxylation is 2. The molecule has 5 heteroatoms. The fourth-order valence-corrected chi connectivity index (χ4v) is 3.93. The van der Waals surface area contributed by atoms with Gasteiger partial charge in [-0.25, -0.2) is 4.39 Å². The van der Waals surface area contributed by atoms with Crippen LogP contribution in [-0.4, -0.2) is 11.9 Å². The zero-order valence-electron chi connectivity index (χ0n) is 15.9. The summed E-state index contributed by atoms with van der Waals surface area (Å²) in [6, 6.07) is 10.9. The molecule has 2 aromatic carbocycles. The summed E-state index contributed by atoms with van der Waals surface area (Å²) in [6.07, 6.45) is 2.88. The third-order valence-corrected chi connectivity index (χ3v) is 5.30. The monoisotopic (exact) mass is 370 g/mol. The standard InChI is InChI=1S/C22H27FN2O2/c1-14-10-16(12-25-20-9-5-7-18(20)22(24)26)11-15(2)21(14)27-13-17-6-3-4-8-19(17)23/h3-4,6,8,10-11,18,20,25H,5,7,9,12-13H2,1-2H3,(H2,24,26)/t18-,20+/m0/s1. The number of nitrogens with two attached hydrogens (primary N) is 1. The number of hydrogen-bond donors (Lipinski definition) is 2. The molecule has 144 valence electrons. The number of amides is 1. The van der Waals surface area contributed by atoms with Gasteiger partial charge in [-0.1, -0.05) is 36.8 Å². The molecule has 0 bridgehead atoms. The van der Waals surface area contributed by atoms with Gasteiger partial charge in [0.25, 0.3) is 0 Å². The van der Waals surface area contributed by atoms with Crippen molar-refractivity contribution >= 4 is 5.91 Å². The molecule has 1 aliphatic carbocycles. The Kier molecular flexibility index (Phi) is 6.11. The van der Waals surface area contributed by atoms with Gasteiger partial charge in [-0.05, 0) is 49.4 Å². The number of ether oxygens (including phenoxy) is 1. The molecule has 0 aromatic heterocycles. The van der Waals surface area contributed by atoms with Gasteiger partial charge in [0.05, 0.1) is 5.92 Å². The molecule has 3 rings (SSSR count). The molecule has 2 aromatic rings. The Morgan fingerprint density at radius 2 is 1.93 bits per heavy atom. The van der Waals surface area contributed by atoms with E-state index in [9.17, 15) is 9.18 Å². The second kappa shape index (κ2) is 8.53. The Morgan fingerprint density at radius 3 is 2.59 bits per heavy atom. The third-order valence-electron chi connectivity index (χ3n) is 5.30. The Bertz CT molecular complexity index is 799. The number of primary amides is 1. The predicted molar refractivity (Wildman–Crippen MR) is 104 cm³/mol. The minimum absolute atomic E-state index is 0.0735. The van der Waals surface area contributed by atoms with Gasteiger partial charge in [-0.3, -0.25) is 4.79 Å². The van der Waals surface area contributed by atoms with Gasteiger partial charge in [-0.2, -0.15) is 0 Å². The maximum atomic E-state index is 13.8. The lowest BCUT2D eigenvalue weighted by Crippen LogP contribution is -2.38. The molecule has 0 spiro atoms. The van der Waals surface area contributed by atoms with Gasteiger partial charge < -0.3 is 15.8 Å². The van der Waals surface area contributed by atoms with E-state index in [-0.39, 0.29) is 30.3 Å². The average molecular weight is 370 g/mol. The van der Waals surface area contributed by atoms with Crippen LogP contribution < -0.4 is 15.8 Å². The van der Waals surface area contributed by atoms with Crippen molar-refractivity contribution in [3.63, 3.8) is 0 Å². The summed E-state index contributed by atoms with van der Waals surface area (Å²) in [5, 5.41) is 3.48. The van der Waals surface area contributed by atoms with Crippen molar-refractivity contribution in [2.45, 2.75) is 52.3 Å². The molecular weight excluding hydrogens is 343 g/mol. The van der Waals surface area contributed by atoms with E-state index in [1.165, 1.54) is 6.07 Å². The normalized spacial score (nSPS) is 19.2. The largest absolute Gasteiger partial charge is 0.488 e. The van der Waals surface area contributed by atoms with E-state index >= 15 is 0 Å². The summed E-state index contributed by atoms with van der Waals surface area (Å²) in [5.74, 6) is 0.247. The third kappa shape index (κ3) is 4.66. The van der Waals surface area contributed by atoms with Gasteiger partial charge in [-0.15, -0.1) is 0 Å². The van der Waals surface area contributed by atoms with Crippen LogP contribution in [0, 0.1) is 25.6 Å². The van der Waals surface area contributed by atoms with E-state index < -0.39 is 0 Å². The van der Waals surface area contributed by atoms with E-state index in [1.807, 2.05) is 13.8 Å². The quantitative estimate of drug-likeness (QED) is 0.780. The molecule has 0 radical (unpaired) electrons. The van der Waals surface area contributed by atoms with E-state index in [0.717, 1.165) is 41.7 Å². The molecule has 27 heavy (non-hydrogen) atoms. The molecule has 3 N–H and O–H groups in total. The Hall–Kier alpha value is -2.40. The van der Waals surface area contributed by atoms with E-state index in [2.05, 4.69) is 17.4 Å². The zero-order chi connectivity index (χ0) is 19.4. The predicted octanol–water partition coefficient (Wildman–Crippen LogP) is 3.77. The fraction of sp³-hybridized carbons (Fsp3) is 0.409. The van der Waals surface area contributed by atoms with Crippen LogP contribution in [0.3, 0.4) is 0 Å². The van der Waals surface area contributed by atoms with E-state index in [0.29, 0.717) is 12.1 Å². The highest BCUT2D eigenvalue weighted by molar-refractivity contribution is 5.77. The average Bonchev–Trinajstić information content (AvgIpc) is 3.09. The molecule has 1 aliphatic rings. The molecule has 0 heterocycles. The number of halogens is 1. The summed E-state index contributed by atoms with van der Waals surface area (Å²) in [5.41, 5.74) is 9.20. The lowest BCUT2D eigenvalue weighted by Gasteiger charge is -2.19. The van der Waals surface area contributed by atoms with Crippen LogP contribution in [-0.2, 0) is 17.9 Å². The summed E-state index contributed by atoms with van der Waals surface area (Å²) >= 11 is 0. The number of benzene rings is 2. The highest BCUT2D eigenvalue weighted by atomic mass is 19.1. The summed E-state index contributed by atoms with van der Waals surface area (Å²) in [4.78, 5) is 11.5. The molecular formula is C22H27FN2O2. The van der Waals surface area contributed by atoms with Crippen molar-refractivity contribution in [2.75, 3.05) is 0 Å². The summed E-state index contributed by atoms with van der Waals surface area (Å²) in [7, 11) is 0. The van der Waals surface area contributed by atoms with Crippen molar-refractivity contribution < 1.29 is 13.9 Å². The Morgan fingerprint density at radius 1 is 1.22 bits per heavy atom. The summed E-state index contributed by atoms with van der Waals surface area (Å²) in [6.45, 7) is 4.88. The molecule has 1 amide bonds. The van der Waals surface area contributed by atoms with Crippen molar-refractivity contribution in [2.24, 2.45) is 11.7 Å². The van der Waals surface area contributed by atoms with Gasteiger partial charge in [0.1, 0.15) is 18.2 Å². The van der Waals surface area contributed by atoms with Gasteiger partial charge in [0.15, 0.2) is 0 Å². The SMILES string of the molecule is Cc1cc(CN[C@@H]2CCC[C@@H]2C(N)=O)cc(C)c1OCc1ccccc1F. The number of nitrogens with one attached hydrogen (secondary N) is 1. The van der Waals surface area contributed by atoms with Crippen LogP contribution in [0.15, 0.2) is 36.4 Å². The lowest BCUT2D eigenvalue weighted by molar-refractivity contribution is -0.122. The first-order chi connectivity index (χ1) is 13.0.